The Kier molecular flexibility index (Phi) is 3.02. The van der Waals surface area contributed by atoms with Crippen LogP contribution >= 0.6 is 11.3 Å². The minimum atomic E-state index is -0.388. The standard InChI is InChI=1S/C14H12FN3OS/c1-8-6-20-13-12(8)17-7-18(14(13)19)5-9-2-3-10(15)4-11(9)16/h2-4,6-7H,5,16H2,1H3. The van der Waals surface area contributed by atoms with Crippen LogP contribution in [0.5, 0.6) is 0 Å². The quantitative estimate of drug-likeness (QED) is 0.737. The van der Waals surface area contributed by atoms with E-state index in [1.165, 1.54) is 34.4 Å². The number of halogens is 1. The Balaban J connectivity index is 2.07. The SMILES string of the molecule is Cc1csc2c(=O)n(Cc3ccc(F)cc3N)cnc12. The third-order valence-electron chi connectivity index (χ3n) is 3.17. The predicted molar refractivity (Wildman–Crippen MR) is 78.5 cm³/mol. The van der Waals surface area contributed by atoms with Crippen molar-refractivity contribution in [3.63, 3.8) is 0 Å². The lowest BCUT2D eigenvalue weighted by atomic mass is 10.2. The first kappa shape index (κ1) is 12.8. The Bertz CT molecular complexity index is 853. The van der Waals surface area contributed by atoms with Crippen LogP contribution in [0.2, 0.25) is 0 Å². The third kappa shape index (κ3) is 2.08. The van der Waals surface area contributed by atoms with Crippen molar-refractivity contribution in [2.45, 2.75) is 13.5 Å². The van der Waals surface area contributed by atoms with E-state index in [0.29, 0.717) is 16.0 Å². The molecule has 0 atom stereocenters. The number of benzene rings is 1. The Morgan fingerprint density at radius 3 is 3.00 bits per heavy atom. The topological polar surface area (TPSA) is 60.9 Å². The van der Waals surface area contributed by atoms with Gasteiger partial charge in [0.05, 0.1) is 18.4 Å². The number of anilines is 1. The molecule has 2 aromatic heterocycles. The van der Waals surface area contributed by atoms with Crippen molar-refractivity contribution in [1.82, 2.24) is 9.55 Å². The molecule has 6 heteroatoms. The van der Waals surface area contributed by atoms with Gasteiger partial charge in [0, 0.05) is 5.69 Å². The first-order chi connectivity index (χ1) is 9.56. The first-order valence-corrected chi connectivity index (χ1v) is 6.91. The zero-order chi connectivity index (χ0) is 14.3. The maximum absolute atomic E-state index is 13.0. The number of nitrogens with zero attached hydrogens (tertiary/aromatic N) is 2. The summed E-state index contributed by atoms with van der Waals surface area (Å²) in [7, 11) is 0. The molecule has 3 rings (SSSR count). The number of aryl methyl sites for hydroxylation is 1. The second-order valence-electron chi connectivity index (χ2n) is 4.62. The van der Waals surface area contributed by atoms with Gasteiger partial charge in [0.1, 0.15) is 10.5 Å². The minimum absolute atomic E-state index is 0.100. The van der Waals surface area contributed by atoms with Gasteiger partial charge in [-0.15, -0.1) is 11.3 Å². The summed E-state index contributed by atoms with van der Waals surface area (Å²) in [6, 6.07) is 4.17. The fourth-order valence-electron chi connectivity index (χ4n) is 2.07. The van der Waals surface area contributed by atoms with Gasteiger partial charge in [0.25, 0.3) is 5.56 Å². The van der Waals surface area contributed by atoms with Gasteiger partial charge in [-0.25, -0.2) is 9.37 Å². The predicted octanol–water partition coefficient (Wildman–Crippen LogP) is 2.54. The zero-order valence-corrected chi connectivity index (χ0v) is 11.6. The van der Waals surface area contributed by atoms with Gasteiger partial charge in [0.15, 0.2) is 0 Å². The summed E-state index contributed by atoms with van der Waals surface area (Å²) in [4.78, 5) is 16.6. The van der Waals surface area contributed by atoms with Crippen LogP contribution in [0.3, 0.4) is 0 Å². The number of thiophene rings is 1. The van der Waals surface area contributed by atoms with Crippen LogP contribution in [-0.2, 0) is 6.54 Å². The molecule has 0 spiro atoms. The average Bonchev–Trinajstić information content (AvgIpc) is 2.78. The molecule has 2 heterocycles. The van der Waals surface area contributed by atoms with E-state index in [1.807, 2.05) is 12.3 Å². The highest BCUT2D eigenvalue weighted by atomic mass is 32.1. The van der Waals surface area contributed by atoms with Gasteiger partial charge < -0.3 is 5.73 Å². The monoisotopic (exact) mass is 289 g/mol. The highest BCUT2D eigenvalue weighted by Gasteiger charge is 2.09. The molecule has 0 aliphatic carbocycles. The van der Waals surface area contributed by atoms with Crippen LogP contribution in [0.15, 0.2) is 34.7 Å². The van der Waals surface area contributed by atoms with E-state index in [0.717, 1.165) is 11.1 Å². The van der Waals surface area contributed by atoms with E-state index in [1.54, 1.807) is 6.07 Å². The van der Waals surface area contributed by atoms with Crippen molar-refractivity contribution in [2.24, 2.45) is 0 Å². The van der Waals surface area contributed by atoms with Crippen LogP contribution in [0, 0.1) is 12.7 Å². The summed E-state index contributed by atoms with van der Waals surface area (Å²) in [5, 5.41) is 1.91. The molecule has 0 bridgehead atoms. The molecular formula is C14H12FN3OS. The second-order valence-corrected chi connectivity index (χ2v) is 5.50. The van der Waals surface area contributed by atoms with Crippen LogP contribution in [-0.4, -0.2) is 9.55 Å². The molecule has 102 valence electrons. The van der Waals surface area contributed by atoms with E-state index >= 15 is 0 Å². The molecule has 0 saturated heterocycles. The summed E-state index contributed by atoms with van der Waals surface area (Å²) in [6.45, 7) is 2.21. The zero-order valence-electron chi connectivity index (χ0n) is 10.8. The maximum atomic E-state index is 13.0. The lowest BCUT2D eigenvalue weighted by Gasteiger charge is -2.08. The largest absolute Gasteiger partial charge is 0.398 e. The van der Waals surface area contributed by atoms with Crippen molar-refractivity contribution in [3.05, 3.63) is 57.2 Å². The Hall–Kier alpha value is -2.21. The lowest BCUT2D eigenvalue weighted by molar-refractivity contribution is 0.627. The van der Waals surface area contributed by atoms with E-state index in [4.69, 9.17) is 5.73 Å². The molecule has 2 N–H and O–H groups in total. The summed E-state index contributed by atoms with van der Waals surface area (Å²) >= 11 is 1.38. The Morgan fingerprint density at radius 2 is 2.25 bits per heavy atom. The van der Waals surface area contributed by atoms with E-state index < -0.39 is 0 Å². The molecule has 0 aliphatic heterocycles. The van der Waals surface area contributed by atoms with E-state index in [-0.39, 0.29) is 17.9 Å². The molecule has 0 unspecified atom stereocenters. The van der Waals surface area contributed by atoms with Crippen LogP contribution in [0.4, 0.5) is 10.1 Å². The molecule has 0 amide bonds. The van der Waals surface area contributed by atoms with Crippen molar-refractivity contribution in [3.8, 4) is 0 Å². The number of hydrogen-bond acceptors (Lipinski definition) is 4. The van der Waals surface area contributed by atoms with E-state index in [2.05, 4.69) is 4.98 Å². The number of nitrogens with two attached hydrogens (primary N) is 1. The number of fused-ring (bicyclic) bond motifs is 1. The van der Waals surface area contributed by atoms with Crippen molar-refractivity contribution < 1.29 is 4.39 Å². The fourth-order valence-corrected chi connectivity index (χ4v) is 3.02. The number of rotatable bonds is 2. The first-order valence-electron chi connectivity index (χ1n) is 6.03. The minimum Gasteiger partial charge on any atom is -0.398 e. The smallest absolute Gasteiger partial charge is 0.271 e. The Labute approximate surface area is 118 Å². The van der Waals surface area contributed by atoms with Crippen LogP contribution in [0.25, 0.3) is 10.2 Å². The van der Waals surface area contributed by atoms with Gasteiger partial charge in [-0.2, -0.15) is 0 Å². The molecule has 1 aromatic carbocycles. The molecule has 3 aromatic rings. The second kappa shape index (κ2) is 4.72. The summed E-state index contributed by atoms with van der Waals surface area (Å²) < 4.78 is 15.1. The van der Waals surface area contributed by atoms with Gasteiger partial charge >= 0.3 is 0 Å². The summed E-state index contributed by atoms with van der Waals surface area (Å²) in [6.07, 6.45) is 1.51. The molecule has 0 radical (unpaired) electrons. The fraction of sp³-hybridized carbons (Fsp3) is 0.143. The normalized spacial score (nSPS) is 11.1. The molecular weight excluding hydrogens is 277 g/mol. The van der Waals surface area contributed by atoms with Crippen LogP contribution < -0.4 is 11.3 Å². The average molecular weight is 289 g/mol. The number of nitrogen functional groups attached to an aromatic ring is 1. The van der Waals surface area contributed by atoms with Gasteiger partial charge in [0.2, 0.25) is 0 Å². The summed E-state index contributed by atoms with van der Waals surface area (Å²) in [5.74, 6) is -0.388. The van der Waals surface area contributed by atoms with Gasteiger partial charge in [-0.3, -0.25) is 9.36 Å². The molecule has 0 saturated carbocycles. The maximum Gasteiger partial charge on any atom is 0.271 e. The van der Waals surface area contributed by atoms with Crippen molar-refractivity contribution in [1.29, 1.82) is 0 Å². The highest BCUT2D eigenvalue weighted by Crippen LogP contribution is 2.20. The van der Waals surface area contributed by atoms with Gasteiger partial charge in [-0.1, -0.05) is 6.07 Å². The highest BCUT2D eigenvalue weighted by molar-refractivity contribution is 7.17. The lowest BCUT2D eigenvalue weighted by Crippen LogP contribution is -2.20. The van der Waals surface area contributed by atoms with E-state index in [9.17, 15) is 9.18 Å². The molecule has 20 heavy (non-hydrogen) atoms. The van der Waals surface area contributed by atoms with Crippen LogP contribution in [0.1, 0.15) is 11.1 Å². The molecule has 0 aliphatic rings. The third-order valence-corrected chi connectivity index (χ3v) is 4.25. The molecule has 4 nitrogen and oxygen atoms in total. The number of hydrogen-bond donors (Lipinski definition) is 1. The number of aromatic nitrogens is 2. The Morgan fingerprint density at radius 1 is 1.45 bits per heavy atom. The van der Waals surface area contributed by atoms with Crippen molar-refractivity contribution in [2.75, 3.05) is 5.73 Å². The summed E-state index contributed by atoms with van der Waals surface area (Å²) in [5.41, 5.74) is 8.43. The van der Waals surface area contributed by atoms with Gasteiger partial charge in [-0.05, 0) is 35.6 Å². The molecule has 0 fully saturated rings. The van der Waals surface area contributed by atoms with Crippen molar-refractivity contribution >= 4 is 27.2 Å².